The predicted molar refractivity (Wildman–Crippen MR) is 74.1 cm³/mol. The van der Waals surface area contributed by atoms with Gasteiger partial charge in [0, 0.05) is 6.54 Å². The first-order chi connectivity index (χ1) is 9.15. The molecule has 0 aromatic heterocycles. The van der Waals surface area contributed by atoms with Gasteiger partial charge in [-0.2, -0.15) is 5.26 Å². The molecular formula is C16H21FN2. The molecule has 3 heteroatoms. The van der Waals surface area contributed by atoms with E-state index in [0.29, 0.717) is 18.5 Å². The lowest BCUT2D eigenvalue weighted by atomic mass is 9.78. The van der Waals surface area contributed by atoms with E-state index in [2.05, 4.69) is 18.3 Å². The normalized spacial score (nSPS) is 26.9. The zero-order valence-corrected chi connectivity index (χ0v) is 11.5. The van der Waals surface area contributed by atoms with Gasteiger partial charge in [0.05, 0.1) is 6.07 Å². The maximum Gasteiger partial charge on any atom is 0.126 e. The number of nitrogens with zero attached hydrogens (tertiary/aromatic N) is 1. The minimum atomic E-state index is -0.391. The summed E-state index contributed by atoms with van der Waals surface area (Å²) in [6.07, 6.45) is 4.63. The zero-order chi connectivity index (χ0) is 13.7. The van der Waals surface area contributed by atoms with Crippen LogP contribution in [0.25, 0.3) is 0 Å². The molecule has 1 aromatic rings. The second kappa shape index (κ2) is 6.16. The number of rotatable bonds is 4. The third-order valence-corrected chi connectivity index (χ3v) is 4.16. The van der Waals surface area contributed by atoms with Crippen molar-refractivity contribution in [1.29, 1.82) is 5.26 Å². The maximum absolute atomic E-state index is 13.5. The lowest BCUT2D eigenvalue weighted by Gasteiger charge is -2.34. The molecule has 1 N–H and O–H groups in total. The van der Waals surface area contributed by atoms with E-state index in [-0.39, 0.29) is 5.82 Å². The molecule has 2 rings (SSSR count). The van der Waals surface area contributed by atoms with Crippen LogP contribution in [-0.4, -0.2) is 12.1 Å². The van der Waals surface area contributed by atoms with E-state index in [4.69, 9.17) is 0 Å². The SMILES string of the molecule is CC1CCC(C#N)(NCCc2ccccc2F)CC1. The second-order valence-corrected chi connectivity index (χ2v) is 5.64. The van der Waals surface area contributed by atoms with Crippen molar-refractivity contribution in [1.82, 2.24) is 5.32 Å². The molecule has 1 aliphatic carbocycles. The molecule has 0 aliphatic heterocycles. The highest BCUT2D eigenvalue weighted by molar-refractivity contribution is 5.18. The smallest absolute Gasteiger partial charge is 0.126 e. The number of hydrogen-bond donors (Lipinski definition) is 1. The number of halogens is 1. The zero-order valence-electron chi connectivity index (χ0n) is 11.5. The Kier molecular flexibility index (Phi) is 4.55. The summed E-state index contributed by atoms with van der Waals surface area (Å²) in [5.41, 5.74) is 0.324. The fourth-order valence-electron chi connectivity index (χ4n) is 2.72. The van der Waals surface area contributed by atoms with Gasteiger partial charge < -0.3 is 0 Å². The lowest BCUT2D eigenvalue weighted by molar-refractivity contribution is 0.250. The molecular weight excluding hydrogens is 239 g/mol. The molecule has 0 amide bonds. The van der Waals surface area contributed by atoms with Crippen LogP contribution in [0.4, 0.5) is 4.39 Å². The summed E-state index contributed by atoms with van der Waals surface area (Å²) in [6, 6.07) is 9.27. The second-order valence-electron chi connectivity index (χ2n) is 5.64. The van der Waals surface area contributed by atoms with E-state index in [1.807, 2.05) is 6.07 Å². The monoisotopic (exact) mass is 260 g/mol. The first-order valence-corrected chi connectivity index (χ1v) is 7.05. The summed E-state index contributed by atoms with van der Waals surface area (Å²) in [4.78, 5) is 0. The topological polar surface area (TPSA) is 35.8 Å². The van der Waals surface area contributed by atoms with Crippen LogP contribution in [0.1, 0.15) is 38.2 Å². The molecule has 1 fully saturated rings. The first kappa shape index (κ1) is 14.0. The molecule has 0 bridgehead atoms. The molecule has 0 unspecified atom stereocenters. The van der Waals surface area contributed by atoms with E-state index >= 15 is 0 Å². The molecule has 0 saturated heterocycles. The summed E-state index contributed by atoms with van der Waals surface area (Å²) in [7, 11) is 0. The Morgan fingerprint density at radius 2 is 2.05 bits per heavy atom. The summed E-state index contributed by atoms with van der Waals surface area (Å²) in [6.45, 7) is 2.89. The number of benzene rings is 1. The highest BCUT2D eigenvalue weighted by atomic mass is 19.1. The van der Waals surface area contributed by atoms with Crippen molar-refractivity contribution in [2.75, 3.05) is 6.54 Å². The van der Waals surface area contributed by atoms with E-state index in [0.717, 1.165) is 31.6 Å². The van der Waals surface area contributed by atoms with Crippen molar-refractivity contribution in [2.24, 2.45) is 5.92 Å². The van der Waals surface area contributed by atoms with Crippen LogP contribution in [0.2, 0.25) is 0 Å². The minimum Gasteiger partial charge on any atom is -0.299 e. The third-order valence-electron chi connectivity index (χ3n) is 4.16. The fraction of sp³-hybridized carbons (Fsp3) is 0.562. The van der Waals surface area contributed by atoms with Crippen molar-refractivity contribution in [3.8, 4) is 6.07 Å². The number of nitriles is 1. The summed E-state index contributed by atoms with van der Waals surface area (Å²) < 4.78 is 13.5. The fourth-order valence-corrected chi connectivity index (χ4v) is 2.72. The van der Waals surface area contributed by atoms with Crippen LogP contribution < -0.4 is 5.32 Å². The van der Waals surface area contributed by atoms with Gasteiger partial charge in [0.2, 0.25) is 0 Å². The molecule has 1 aromatic carbocycles. The van der Waals surface area contributed by atoms with Gasteiger partial charge >= 0.3 is 0 Å². The Balaban J connectivity index is 1.88. The molecule has 0 radical (unpaired) electrons. The molecule has 102 valence electrons. The van der Waals surface area contributed by atoms with E-state index < -0.39 is 5.54 Å². The van der Waals surface area contributed by atoms with Crippen molar-refractivity contribution in [3.63, 3.8) is 0 Å². The molecule has 0 atom stereocenters. The van der Waals surface area contributed by atoms with E-state index in [1.54, 1.807) is 12.1 Å². The minimum absolute atomic E-state index is 0.160. The van der Waals surface area contributed by atoms with Crippen molar-refractivity contribution in [2.45, 2.75) is 44.6 Å². The third kappa shape index (κ3) is 3.54. The van der Waals surface area contributed by atoms with Gasteiger partial charge in [0.25, 0.3) is 0 Å². The van der Waals surface area contributed by atoms with Gasteiger partial charge in [-0.15, -0.1) is 0 Å². The number of nitrogens with one attached hydrogen (secondary N) is 1. The van der Waals surface area contributed by atoms with Crippen LogP contribution in [0.3, 0.4) is 0 Å². The van der Waals surface area contributed by atoms with Gasteiger partial charge in [-0.05, 0) is 49.7 Å². The van der Waals surface area contributed by atoms with Crippen LogP contribution >= 0.6 is 0 Å². The Morgan fingerprint density at radius 1 is 1.37 bits per heavy atom. The first-order valence-electron chi connectivity index (χ1n) is 7.05. The molecule has 0 heterocycles. The lowest BCUT2D eigenvalue weighted by Crippen LogP contribution is -2.47. The van der Waals surface area contributed by atoms with Crippen LogP contribution in [0.5, 0.6) is 0 Å². The molecule has 1 saturated carbocycles. The Labute approximate surface area is 114 Å². The summed E-state index contributed by atoms with van der Waals surface area (Å²) >= 11 is 0. The summed E-state index contributed by atoms with van der Waals surface area (Å²) in [5, 5.41) is 12.7. The molecule has 2 nitrogen and oxygen atoms in total. The molecule has 1 aliphatic rings. The van der Waals surface area contributed by atoms with Crippen LogP contribution in [0.15, 0.2) is 24.3 Å². The Bertz CT molecular complexity index is 456. The van der Waals surface area contributed by atoms with Gasteiger partial charge in [-0.3, -0.25) is 5.32 Å². The Morgan fingerprint density at radius 3 is 2.68 bits per heavy atom. The van der Waals surface area contributed by atoms with Crippen molar-refractivity contribution in [3.05, 3.63) is 35.6 Å². The van der Waals surface area contributed by atoms with Gasteiger partial charge in [-0.25, -0.2) is 4.39 Å². The quantitative estimate of drug-likeness (QED) is 0.900. The molecule has 0 spiro atoms. The number of hydrogen-bond acceptors (Lipinski definition) is 2. The highest BCUT2D eigenvalue weighted by Crippen LogP contribution is 2.31. The maximum atomic E-state index is 13.5. The van der Waals surface area contributed by atoms with Gasteiger partial charge in [0.15, 0.2) is 0 Å². The predicted octanol–water partition coefficient (Wildman–Crippen LogP) is 3.43. The molecule has 19 heavy (non-hydrogen) atoms. The van der Waals surface area contributed by atoms with Gasteiger partial charge in [-0.1, -0.05) is 25.1 Å². The largest absolute Gasteiger partial charge is 0.299 e. The van der Waals surface area contributed by atoms with Gasteiger partial charge in [0.1, 0.15) is 11.4 Å². The Hall–Kier alpha value is -1.40. The van der Waals surface area contributed by atoms with E-state index in [1.165, 1.54) is 6.07 Å². The standard InChI is InChI=1S/C16H21FN2/c1-13-6-9-16(12-18,10-7-13)19-11-8-14-4-2-3-5-15(14)17/h2-5,13,19H,6-11H2,1H3. The van der Waals surface area contributed by atoms with Crippen LogP contribution in [0, 0.1) is 23.1 Å². The van der Waals surface area contributed by atoms with E-state index in [9.17, 15) is 9.65 Å². The van der Waals surface area contributed by atoms with Crippen LogP contribution in [-0.2, 0) is 6.42 Å². The van der Waals surface area contributed by atoms with Crippen molar-refractivity contribution < 1.29 is 4.39 Å². The average Bonchev–Trinajstić information content (AvgIpc) is 2.44. The highest BCUT2D eigenvalue weighted by Gasteiger charge is 2.33. The summed E-state index contributed by atoms with van der Waals surface area (Å²) in [5.74, 6) is 0.558. The van der Waals surface area contributed by atoms with Crippen molar-refractivity contribution >= 4 is 0 Å². The average molecular weight is 260 g/mol.